The lowest BCUT2D eigenvalue weighted by molar-refractivity contribution is -0.136. The SMILES string of the molecule is NC(=O)c1cncc(-c2ccc(CCC(=O)O)cc2)n1. The molecule has 6 nitrogen and oxygen atoms in total. The molecule has 1 heterocycles. The minimum absolute atomic E-state index is 0.0936. The van der Waals surface area contributed by atoms with Gasteiger partial charge in [0.25, 0.3) is 5.91 Å². The average Bonchev–Trinajstić information content (AvgIpc) is 2.46. The molecule has 102 valence electrons. The van der Waals surface area contributed by atoms with E-state index in [9.17, 15) is 9.59 Å². The van der Waals surface area contributed by atoms with Gasteiger partial charge in [0.05, 0.1) is 18.1 Å². The molecule has 0 spiro atoms. The molecule has 0 radical (unpaired) electrons. The van der Waals surface area contributed by atoms with Crippen molar-refractivity contribution < 1.29 is 14.7 Å². The number of aliphatic carboxylic acids is 1. The highest BCUT2D eigenvalue weighted by atomic mass is 16.4. The first-order valence-corrected chi connectivity index (χ1v) is 5.99. The second-order valence-electron chi connectivity index (χ2n) is 4.24. The maximum Gasteiger partial charge on any atom is 0.303 e. The molecule has 0 aliphatic heterocycles. The number of rotatable bonds is 5. The molecule has 0 fully saturated rings. The van der Waals surface area contributed by atoms with Crippen LogP contribution in [0.15, 0.2) is 36.7 Å². The van der Waals surface area contributed by atoms with Gasteiger partial charge in [-0.1, -0.05) is 24.3 Å². The quantitative estimate of drug-likeness (QED) is 0.851. The Hall–Kier alpha value is -2.76. The number of carbonyl (C=O) groups excluding carboxylic acids is 1. The highest BCUT2D eigenvalue weighted by Crippen LogP contribution is 2.17. The van der Waals surface area contributed by atoms with Crippen molar-refractivity contribution >= 4 is 11.9 Å². The molecule has 0 unspecified atom stereocenters. The first-order chi connectivity index (χ1) is 9.56. The summed E-state index contributed by atoms with van der Waals surface area (Å²) in [6, 6.07) is 7.28. The number of hydrogen-bond acceptors (Lipinski definition) is 4. The standard InChI is InChI=1S/C14H13N3O3/c15-14(20)12-8-16-7-11(17-12)10-4-1-9(2-5-10)3-6-13(18)19/h1-2,4-5,7-8H,3,6H2,(H2,15,20)(H,18,19). The molecule has 0 aliphatic carbocycles. The summed E-state index contributed by atoms with van der Waals surface area (Å²) in [5.41, 5.74) is 7.53. The van der Waals surface area contributed by atoms with E-state index in [1.165, 1.54) is 6.20 Å². The Morgan fingerprint density at radius 3 is 2.45 bits per heavy atom. The summed E-state index contributed by atoms with van der Waals surface area (Å²) in [5, 5.41) is 8.63. The van der Waals surface area contributed by atoms with Gasteiger partial charge in [0.15, 0.2) is 0 Å². The smallest absolute Gasteiger partial charge is 0.303 e. The molecule has 2 rings (SSSR count). The van der Waals surface area contributed by atoms with Crippen LogP contribution in [0.25, 0.3) is 11.3 Å². The van der Waals surface area contributed by atoms with Crippen LogP contribution < -0.4 is 5.73 Å². The van der Waals surface area contributed by atoms with Crippen molar-refractivity contribution in [3.8, 4) is 11.3 Å². The number of nitrogens with zero attached hydrogens (tertiary/aromatic N) is 2. The number of aromatic nitrogens is 2. The number of benzene rings is 1. The van der Waals surface area contributed by atoms with Crippen LogP contribution in [0.2, 0.25) is 0 Å². The van der Waals surface area contributed by atoms with E-state index in [0.717, 1.165) is 11.1 Å². The van der Waals surface area contributed by atoms with Crippen molar-refractivity contribution in [3.63, 3.8) is 0 Å². The molecular formula is C14H13N3O3. The molecule has 0 saturated heterocycles. The number of carboxylic acid groups (broad SMARTS) is 1. The molecular weight excluding hydrogens is 258 g/mol. The third-order valence-electron chi connectivity index (χ3n) is 2.76. The normalized spacial score (nSPS) is 10.2. The van der Waals surface area contributed by atoms with Crippen LogP contribution in [0.4, 0.5) is 0 Å². The fraction of sp³-hybridized carbons (Fsp3) is 0.143. The number of carbonyl (C=O) groups is 2. The van der Waals surface area contributed by atoms with Gasteiger partial charge < -0.3 is 10.8 Å². The Morgan fingerprint density at radius 2 is 1.85 bits per heavy atom. The summed E-state index contributed by atoms with van der Waals surface area (Å²) >= 11 is 0. The molecule has 20 heavy (non-hydrogen) atoms. The molecule has 0 atom stereocenters. The van der Waals surface area contributed by atoms with E-state index < -0.39 is 11.9 Å². The topological polar surface area (TPSA) is 106 Å². The van der Waals surface area contributed by atoms with Crippen LogP contribution in [0.1, 0.15) is 22.5 Å². The zero-order valence-corrected chi connectivity index (χ0v) is 10.6. The van der Waals surface area contributed by atoms with E-state index >= 15 is 0 Å². The van der Waals surface area contributed by atoms with Gasteiger partial charge >= 0.3 is 5.97 Å². The Morgan fingerprint density at radius 1 is 1.15 bits per heavy atom. The number of carboxylic acids is 1. The van der Waals surface area contributed by atoms with Gasteiger partial charge in [0.1, 0.15) is 5.69 Å². The van der Waals surface area contributed by atoms with Crippen molar-refractivity contribution in [1.82, 2.24) is 9.97 Å². The van der Waals surface area contributed by atoms with E-state index in [1.54, 1.807) is 6.20 Å². The number of hydrogen-bond donors (Lipinski definition) is 2. The molecule has 1 amide bonds. The Balaban J connectivity index is 2.19. The second kappa shape index (κ2) is 5.92. The molecule has 1 aromatic heterocycles. The Labute approximate surface area is 115 Å². The maximum absolute atomic E-state index is 11.1. The van der Waals surface area contributed by atoms with E-state index in [4.69, 9.17) is 10.8 Å². The average molecular weight is 271 g/mol. The van der Waals surface area contributed by atoms with E-state index in [-0.39, 0.29) is 12.1 Å². The number of amides is 1. The van der Waals surface area contributed by atoms with Gasteiger partial charge in [0.2, 0.25) is 0 Å². The van der Waals surface area contributed by atoms with Crippen molar-refractivity contribution in [1.29, 1.82) is 0 Å². The molecule has 6 heteroatoms. The zero-order valence-electron chi connectivity index (χ0n) is 10.6. The van der Waals surface area contributed by atoms with Gasteiger partial charge in [-0.05, 0) is 12.0 Å². The van der Waals surface area contributed by atoms with Crippen LogP contribution in [0.3, 0.4) is 0 Å². The van der Waals surface area contributed by atoms with E-state index in [2.05, 4.69) is 9.97 Å². The van der Waals surface area contributed by atoms with Crippen LogP contribution in [-0.4, -0.2) is 27.0 Å². The lowest BCUT2D eigenvalue weighted by Crippen LogP contribution is -2.13. The molecule has 0 aliphatic rings. The van der Waals surface area contributed by atoms with Gasteiger partial charge in [0, 0.05) is 12.0 Å². The lowest BCUT2D eigenvalue weighted by atomic mass is 10.1. The zero-order chi connectivity index (χ0) is 14.5. The summed E-state index contributed by atoms with van der Waals surface area (Å²) in [4.78, 5) is 29.6. The fourth-order valence-electron chi connectivity index (χ4n) is 1.72. The van der Waals surface area contributed by atoms with Crippen molar-refractivity contribution in [2.24, 2.45) is 5.73 Å². The van der Waals surface area contributed by atoms with E-state index in [0.29, 0.717) is 12.1 Å². The van der Waals surface area contributed by atoms with Gasteiger partial charge in [-0.25, -0.2) is 4.98 Å². The van der Waals surface area contributed by atoms with Gasteiger partial charge in [-0.2, -0.15) is 0 Å². The van der Waals surface area contributed by atoms with Crippen molar-refractivity contribution in [2.45, 2.75) is 12.8 Å². The predicted octanol–water partition coefficient (Wildman–Crippen LogP) is 1.26. The van der Waals surface area contributed by atoms with Crippen LogP contribution in [0, 0.1) is 0 Å². The molecule has 0 saturated carbocycles. The molecule has 2 aromatic rings. The van der Waals surface area contributed by atoms with E-state index in [1.807, 2.05) is 24.3 Å². The minimum Gasteiger partial charge on any atom is -0.481 e. The van der Waals surface area contributed by atoms with Crippen LogP contribution in [0.5, 0.6) is 0 Å². The summed E-state index contributed by atoms with van der Waals surface area (Å²) in [5.74, 6) is -1.45. The Bertz CT molecular complexity index is 638. The number of nitrogens with two attached hydrogens (primary N) is 1. The third-order valence-corrected chi connectivity index (χ3v) is 2.76. The number of aryl methyl sites for hydroxylation is 1. The van der Waals surface area contributed by atoms with Crippen molar-refractivity contribution in [3.05, 3.63) is 47.9 Å². The van der Waals surface area contributed by atoms with Gasteiger partial charge in [-0.3, -0.25) is 14.6 Å². The summed E-state index contributed by atoms with van der Waals surface area (Å²) in [6.45, 7) is 0. The lowest BCUT2D eigenvalue weighted by Gasteiger charge is -2.04. The highest BCUT2D eigenvalue weighted by Gasteiger charge is 2.06. The van der Waals surface area contributed by atoms with Crippen LogP contribution in [-0.2, 0) is 11.2 Å². The molecule has 3 N–H and O–H groups in total. The number of primary amides is 1. The summed E-state index contributed by atoms with van der Waals surface area (Å²) in [7, 11) is 0. The second-order valence-corrected chi connectivity index (χ2v) is 4.24. The third kappa shape index (κ3) is 3.38. The monoisotopic (exact) mass is 271 g/mol. The molecule has 1 aromatic carbocycles. The molecule has 0 bridgehead atoms. The highest BCUT2D eigenvalue weighted by molar-refractivity contribution is 5.90. The minimum atomic E-state index is -0.825. The van der Waals surface area contributed by atoms with Gasteiger partial charge in [-0.15, -0.1) is 0 Å². The van der Waals surface area contributed by atoms with Crippen LogP contribution >= 0.6 is 0 Å². The fourth-order valence-corrected chi connectivity index (χ4v) is 1.72. The maximum atomic E-state index is 11.1. The summed E-state index contributed by atoms with van der Waals surface area (Å²) in [6.07, 6.45) is 3.42. The van der Waals surface area contributed by atoms with Crippen molar-refractivity contribution in [2.75, 3.05) is 0 Å². The largest absolute Gasteiger partial charge is 0.481 e. The first-order valence-electron chi connectivity index (χ1n) is 5.99. The predicted molar refractivity (Wildman–Crippen MR) is 71.9 cm³/mol. The first kappa shape index (κ1) is 13.7. The Kier molecular flexibility index (Phi) is 4.05. The summed E-state index contributed by atoms with van der Waals surface area (Å²) < 4.78 is 0.